The van der Waals surface area contributed by atoms with Gasteiger partial charge in [-0.25, -0.2) is 17.5 Å². The van der Waals surface area contributed by atoms with Gasteiger partial charge in [0.05, 0.1) is 18.1 Å². The van der Waals surface area contributed by atoms with Gasteiger partial charge in [0.1, 0.15) is 0 Å². The average molecular weight is 405 g/mol. The van der Waals surface area contributed by atoms with Crippen molar-refractivity contribution in [3.8, 4) is 11.8 Å². The number of methoxy groups -OCH3 is 1. The Morgan fingerprint density at radius 3 is 2.50 bits per heavy atom. The van der Waals surface area contributed by atoms with E-state index in [1.165, 1.54) is 48.4 Å². The summed E-state index contributed by atoms with van der Waals surface area (Å²) in [5, 5.41) is 8.48. The third-order valence-corrected chi connectivity index (χ3v) is 5.40. The molecule has 0 saturated heterocycles. The second-order valence-electron chi connectivity index (χ2n) is 5.96. The number of rotatable bonds is 8. The summed E-state index contributed by atoms with van der Waals surface area (Å²) in [4.78, 5) is 13.9. The van der Waals surface area contributed by atoms with Gasteiger partial charge in [0, 0.05) is 32.1 Å². The monoisotopic (exact) mass is 405 g/mol. The first kappa shape index (κ1) is 21.3. The molecule has 1 N–H and O–H groups in total. The molecular formula is C19H20FN3O4S. The highest BCUT2D eigenvalue weighted by molar-refractivity contribution is 7.89. The third-order valence-electron chi connectivity index (χ3n) is 3.92. The molecule has 0 aliphatic carbocycles. The van der Waals surface area contributed by atoms with Crippen LogP contribution in [0.2, 0.25) is 0 Å². The van der Waals surface area contributed by atoms with Crippen molar-refractivity contribution in [2.45, 2.75) is 17.9 Å². The summed E-state index contributed by atoms with van der Waals surface area (Å²) in [7, 11) is -0.795. The lowest BCUT2D eigenvalue weighted by molar-refractivity contribution is 0.0785. The van der Waals surface area contributed by atoms with Crippen LogP contribution in [-0.4, -0.2) is 39.9 Å². The van der Waals surface area contributed by atoms with Crippen LogP contribution in [-0.2, 0) is 16.6 Å². The number of carbonyl (C=O) groups is 1. The number of benzene rings is 2. The zero-order valence-electron chi connectivity index (χ0n) is 15.5. The van der Waals surface area contributed by atoms with E-state index in [-0.39, 0.29) is 36.1 Å². The summed E-state index contributed by atoms with van der Waals surface area (Å²) in [5.74, 6) is -0.727. The average Bonchev–Trinajstić information content (AvgIpc) is 2.67. The van der Waals surface area contributed by atoms with Crippen molar-refractivity contribution < 1.29 is 22.3 Å². The molecule has 0 radical (unpaired) electrons. The van der Waals surface area contributed by atoms with Crippen LogP contribution in [0.5, 0.6) is 5.75 Å². The van der Waals surface area contributed by atoms with Crippen molar-refractivity contribution in [3.63, 3.8) is 0 Å². The van der Waals surface area contributed by atoms with Crippen LogP contribution in [0.1, 0.15) is 22.3 Å². The summed E-state index contributed by atoms with van der Waals surface area (Å²) in [6, 6.07) is 11.8. The summed E-state index contributed by atoms with van der Waals surface area (Å²) in [6.07, 6.45) is 0.0621. The molecule has 0 aliphatic heterocycles. The molecular weight excluding hydrogens is 385 g/mol. The van der Waals surface area contributed by atoms with E-state index in [1.807, 2.05) is 6.07 Å². The molecule has 0 unspecified atom stereocenters. The minimum atomic E-state index is -3.73. The van der Waals surface area contributed by atoms with Crippen molar-refractivity contribution in [1.82, 2.24) is 9.62 Å². The zero-order chi connectivity index (χ0) is 20.7. The molecule has 0 aromatic heterocycles. The lowest BCUT2D eigenvalue weighted by Crippen LogP contribution is -2.27. The van der Waals surface area contributed by atoms with Crippen LogP contribution in [0.3, 0.4) is 0 Å². The van der Waals surface area contributed by atoms with Gasteiger partial charge in [-0.3, -0.25) is 4.79 Å². The number of carbonyl (C=O) groups excluding carboxylic acids is 1. The van der Waals surface area contributed by atoms with Crippen LogP contribution >= 0.6 is 0 Å². The lowest BCUT2D eigenvalue weighted by Gasteiger charge is -2.18. The number of ether oxygens (including phenoxy) is 1. The molecule has 0 saturated carbocycles. The van der Waals surface area contributed by atoms with Crippen LogP contribution in [0, 0.1) is 17.1 Å². The molecule has 0 aliphatic rings. The van der Waals surface area contributed by atoms with Crippen molar-refractivity contribution in [2.75, 3.05) is 20.7 Å². The minimum Gasteiger partial charge on any atom is -0.494 e. The number of nitrogens with zero attached hydrogens (tertiary/aromatic N) is 2. The van der Waals surface area contributed by atoms with Gasteiger partial charge < -0.3 is 9.64 Å². The highest BCUT2D eigenvalue weighted by Gasteiger charge is 2.17. The van der Waals surface area contributed by atoms with Gasteiger partial charge in [0.25, 0.3) is 5.91 Å². The van der Waals surface area contributed by atoms with Crippen molar-refractivity contribution in [3.05, 3.63) is 59.4 Å². The summed E-state index contributed by atoms with van der Waals surface area (Å²) >= 11 is 0. The maximum atomic E-state index is 13.8. The van der Waals surface area contributed by atoms with Crippen molar-refractivity contribution >= 4 is 15.9 Å². The van der Waals surface area contributed by atoms with Crippen LogP contribution < -0.4 is 9.46 Å². The standard InChI is InChI=1S/C19H20FN3O4S/c1-23(13-14-4-9-18(27-2)17(20)12-14)19(24)15-5-7-16(8-6-15)28(25,26)22-11-3-10-21/h4-9,12,22H,3,11,13H2,1-2H3. The first-order valence-corrected chi connectivity index (χ1v) is 9.81. The molecule has 7 nitrogen and oxygen atoms in total. The molecule has 2 aromatic carbocycles. The Kier molecular flexibility index (Phi) is 7.09. The fourth-order valence-electron chi connectivity index (χ4n) is 2.48. The number of nitriles is 1. The van der Waals surface area contributed by atoms with Crippen molar-refractivity contribution in [2.24, 2.45) is 0 Å². The molecule has 28 heavy (non-hydrogen) atoms. The Morgan fingerprint density at radius 1 is 1.25 bits per heavy atom. The van der Waals surface area contributed by atoms with Gasteiger partial charge in [-0.1, -0.05) is 6.07 Å². The molecule has 0 atom stereocenters. The van der Waals surface area contributed by atoms with Gasteiger partial charge >= 0.3 is 0 Å². The van der Waals surface area contributed by atoms with Crippen molar-refractivity contribution in [1.29, 1.82) is 5.26 Å². The fourth-order valence-corrected chi connectivity index (χ4v) is 3.51. The third kappa shape index (κ3) is 5.28. The molecule has 0 heterocycles. The fraction of sp³-hybridized carbons (Fsp3) is 0.263. The van der Waals surface area contributed by atoms with Gasteiger partial charge in [-0.05, 0) is 42.0 Å². The van der Waals surface area contributed by atoms with E-state index in [4.69, 9.17) is 10.00 Å². The maximum Gasteiger partial charge on any atom is 0.253 e. The molecule has 0 bridgehead atoms. The number of amides is 1. The topological polar surface area (TPSA) is 99.5 Å². The molecule has 2 aromatic rings. The van der Waals surface area contributed by atoms with E-state index in [0.717, 1.165) is 0 Å². The highest BCUT2D eigenvalue weighted by Crippen LogP contribution is 2.19. The Labute approximate surface area is 163 Å². The van der Waals surface area contributed by atoms with E-state index in [0.29, 0.717) is 11.1 Å². The van der Waals surface area contributed by atoms with E-state index in [9.17, 15) is 17.6 Å². The molecule has 1 amide bonds. The van der Waals surface area contributed by atoms with E-state index < -0.39 is 15.8 Å². The number of halogens is 1. The zero-order valence-corrected chi connectivity index (χ0v) is 16.3. The van der Waals surface area contributed by atoms with Crippen LogP contribution in [0.4, 0.5) is 4.39 Å². The van der Waals surface area contributed by atoms with Gasteiger partial charge in [-0.2, -0.15) is 5.26 Å². The maximum absolute atomic E-state index is 13.8. The molecule has 0 spiro atoms. The lowest BCUT2D eigenvalue weighted by atomic mass is 10.1. The number of sulfonamides is 1. The number of nitrogens with one attached hydrogen (secondary N) is 1. The molecule has 9 heteroatoms. The van der Waals surface area contributed by atoms with Crippen LogP contribution in [0.25, 0.3) is 0 Å². The van der Waals surface area contributed by atoms with Crippen LogP contribution in [0.15, 0.2) is 47.4 Å². The SMILES string of the molecule is COc1ccc(CN(C)C(=O)c2ccc(S(=O)(=O)NCCC#N)cc2)cc1F. The smallest absolute Gasteiger partial charge is 0.253 e. The Morgan fingerprint density at radius 2 is 1.93 bits per heavy atom. The normalized spacial score (nSPS) is 10.9. The predicted molar refractivity (Wildman–Crippen MR) is 101 cm³/mol. The Balaban J connectivity index is 2.07. The van der Waals surface area contributed by atoms with Gasteiger partial charge in [-0.15, -0.1) is 0 Å². The van der Waals surface area contributed by atoms with Gasteiger partial charge in [0.15, 0.2) is 11.6 Å². The van der Waals surface area contributed by atoms with E-state index in [2.05, 4.69) is 4.72 Å². The van der Waals surface area contributed by atoms with Gasteiger partial charge in [0.2, 0.25) is 10.0 Å². The minimum absolute atomic E-state index is 0.00173. The number of hydrogen-bond acceptors (Lipinski definition) is 5. The Hall–Kier alpha value is -2.96. The molecule has 2 rings (SSSR count). The summed E-state index contributed by atoms with van der Waals surface area (Å²) in [6.45, 7) is 0.191. The summed E-state index contributed by atoms with van der Waals surface area (Å²) in [5.41, 5.74) is 0.891. The van der Waals surface area contributed by atoms with E-state index in [1.54, 1.807) is 13.1 Å². The molecule has 0 fully saturated rings. The largest absolute Gasteiger partial charge is 0.494 e. The summed E-state index contributed by atoms with van der Waals surface area (Å²) < 4.78 is 45.1. The molecule has 148 valence electrons. The van der Waals surface area contributed by atoms with E-state index >= 15 is 0 Å². The highest BCUT2D eigenvalue weighted by atomic mass is 32.2. The first-order chi connectivity index (χ1) is 13.3. The Bertz CT molecular complexity index is 985. The second kappa shape index (κ2) is 9.30. The quantitative estimate of drug-likeness (QED) is 0.680. The second-order valence-corrected chi connectivity index (χ2v) is 7.73. The number of hydrogen-bond donors (Lipinski definition) is 1. The predicted octanol–water partition coefficient (Wildman–Crippen LogP) is 2.30. The first-order valence-electron chi connectivity index (χ1n) is 8.33.